The first-order chi connectivity index (χ1) is 12.9. The summed E-state index contributed by atoms with van der Waals surface area (Å²) in [7, 11) is -3.79. The first-order valence-electron chi connectivity index (χ1n) is 7.47. The molecule has 138 valence electrons. The first-order valence-corrected chi connectivity index (χ1v) is 9.40. The number of halogens is 1. The molecule has 11 heteroatoms. The number of aldehydes is 1. The predicted octanol–water partition coefficient (Wildman–Crippen LogP) is 2.47. The van der Waals surface area contributed by atoms with Gasteiger partial charge in [-0.3, -0.25) is 4.79 Å². The highest BCUT2D eigenvalue weighted by Crippen LogP contribution is 2.25. The van der Waals surface area contributed by atoms with Crippen LogP contribution in [0.25, 0.3) is 0 Å². The van der Waals surface area contributed by atoms with Crippen molar-refractivity contribution >= 4 is 51.2 Å². The molecule has 0 spiro atoms. The number of hydrogen-bond donors (Lipinski definition) is 3. The lowest BCUT2D eigenvalue weighted by molar-refractivity contribution is 0.112. The Morgan fingerprint density at radius 2 is 1.78 bits per heavy atom. The first kappa shape index (κ1) is 18.7. The number of primary sulfonamides is 1. The highest BCUT2D eigenvalue weighted by atomic mass is 35.5. The van der Waals surface area contributed by atoms with Crippen LogP contribution in [0.2, 0.25) is 5.15 Å². The van der Waals surface area contributed by atoms with Gasteiger partial charge in [0.2, 0.25) is 16.0 Å². The zero-order chi connectivity index (χ0) is 19.4. The van der Waals surface area contributed by atoms with E-state index in [0.717, 1.165) is 0 Å². The summed E-state index contributed by atoms with van der Waals surface area (Å²) in [6, 6.07) is 10.9. The van der Waals surface area contributed by atoms with Gasteiger partial charge in [-0.05, 0) is 36.4 Å². The molecule has 2 heterocycles. The number of anilines is 4. The Morgan fingerprint density at radius 3 is 2.37 bits per heavy atom. The number of rotatable bonds is 6. The molecule has 0 bridgehead atoms. The summed E-state index contributed by atoms with van der Waals surface area (Å²) < 4.78 is 22.6. The molecule has 0 atom stereocenters. The molecule has 3 aromatic rings. The fourth-order valence-electron chi connectivity index (χ4n) is 2.11. The van der Waals surface area contributed by atoms with Crippen LogP contribution in [0.1, 0.15) is 10.4 Å². The van der Waals surface area contributed by atoms with Crippen LogP contribution < -0.4 is 15.8 Å². The lowest BCUT2D eigenvalue weighted by atomic mass is 10.3. The molecule has 0 aliphatic carbocycles. The van der Waals surface area contributed by atoms with Crippen LogP contribution in [-0.4, -0.2) is 29.7 Å². The molecule has 0 amide bonds. The fraction of sp³-hybridized carbons (Fsp3) is 0. The number of benzene rings is 1. The number of hydrogen-bond acceptors (Lipinski definition) is 8. The molecule has 3 rings (SSSR count). The minimum atomic E-state index is -3.79. The molecule has 0 radical (unpaired) electrons. The smallest absolute Gasteiger partial charge is 0.238 e. The van der Waals surface area contributed by atoms with Gasteiger partial charge in [0.05, 0.1) is 10.5 Å². The van der Waals surface area contributed by atoms with E-state index < -0.39 is 10.0 Å². The Labute approximate surface area is 159 Å². The van der Waals surface area contributed by atoms with E-state index in [-0.39, 0.29) is 27.4 Å². The average Bonchev–Trinajstić information content (AvgIpc) is 2.62. The van der Waals surface area contributed by atoms with Crippen LogP contribution >= 0.6 is 11.6 Å². The molecule has 27 heavy (non-hydrogen) atoms. The molecule has 0 aliphatic rings. The van der Waals surface area contributed by atoms with E-state index >= 15 is 0 Å². The van der Waals surface area contributed by atoms with E-state index in [1.807, 2.05) is 0 Å². The Bertz CT molecular complexity index is 1080. The van der Waals surface area contributed by atoms with Gasteiger partial charge in [0.15, 0.2) is 6.29 Å². The Kier molecular flexibility index (Phi) is 5.31. The molecule has 4 N–H and O–H groups in total. The molecule has 0 unspecified atom stereocenters. The topological polar surface area (TPSA) is 140 Å². The number of pyridine rings is 1. The highest BCUT2D eigenvalue weighted by Gasteiger charge is 2.14. The summed E-state index contributed by atoms with van der Waals surface area (Å²) in [5, 5.41) is 10.8. The number of nitrogens with zero attached hydrogens (tertiary/aromatic N) is 3. The van der Waals surface area contributed by atoms with Crippen LogP contribution in [0.3, 0.4) is 0 Å². The van der Waals surface area contributed by atoms with Gasteiger partial charge < -0.3 is 10.6 Å². The SMILES string of the molecule is NS(=O)(=O)c1ccc(Nc2nc(Cl)c(C=O)c(Nc3ccccn3)n2)cc1. The maximum absolute atomic E-state index is 11.3. The van der Waals surface area contributed by atoms with Gasteiger partial charge >= 0.3 is 0 Å². The number of carbonyl (C=O) groups is 1. The van der Waals surface area contributed by atoms with Crippen LogP contribution in [0.15, 0.2) is 53.6 Å². The molecular formula is C16H13ClN6O3S. The van der Waals surface area contributed by atoms with Gasteiger partial charge in [-0.15, -0.1) is 0 Å². The third-order valence-electron chi connectivity index (χ3n) is 3.37. The zero-order valence-electron chi connectivity index (χ0n) is 13.6. The second-order valence-electron chi connectivity index (χ2n) is 5.25. The summed E-state index contributed by atoms with van der Waals surface area (Å²) in [5.74, 6) is 0.749. The fourth-order valence-corrected chi connectivity index (χ4v) is 2.84. The van der Waals surface area contributed by atoms with E-state index in [4.69, 9.17) is 16.7 Å². The van der Waals surface area contributed by atoms with Gasteiger partial charge in [-0.25, -0.2) is 18.5 Å². The largest absolute Gasteiger partial charge is 0.324 e. The van der Waals surface area contributed by atoms with E-state index in [1.54, 1.807) is 24.4 Å². The van der Waals surface area contributed by atoms with Crippen molar-refractivity contribution in [3.8, 4) is 0 Å². The summed E-state index contributed by atoms with van der Waals surface area (Å²) >= 11 is 6.07. The number of nitrogens with one attached hydrogen (secondary N) is 2. The number of aromatic nitrogens is 3. The van der Waals surface area contributed by atoms with Crippen molar-refractivity contribution in [3.63, 3.8) is 0 Å². The molecule has 0 fully saturated rings. The molecule has 2 aromatic heterocycles. The van der Waals surface area contributed by atoms with Crippen molar-refractivity contribution in [2.24, 2.45) is 5.14 Å². The molecule has 1 aromatic carbocycles. The molecular weight excluding hydrogens is 392 g/mol. The Morgan fingerprint density at radius 1 is 1.04 bits per heavy atom. The van der Waals surface area contributed by atoms with Crippen LogP contribution in [0.4, 0.5) is 23.3 Å². The van der Waals surface area contributed by atoms with Crippen molar-refractivity contribution in [1.29, 1.82) is 0 Å². The van der Waals surface area contributed by atoms with Gasteiger partial charge in [0.1, 0.15) is 16.8 Å². The number of sulfonamides is 1. The van der Waals surface area contributed by atoms with E-state index in [0.29, 0.717) is 17.8 Å². The molecule has 0 saturated heterocycles. The standard InChI is InChI=1S/C16H13ClN6O3S/c17-14-12(9-24)15(21-13-3-1-2-8-19-13)23-16(22-14)20-10-4-6-11(7-5-10)27(18,25)26/h1-9H,(H2,18,25,26)(H2,19,20,21,22,23). The number of nitrogens with two attached hydrogens (primary N) is 1. The molecule has 9 nitrogen and oxygen atoms in total. The van der Waals surface area contributed by atoms with E-state index in [2.05, 4.69) is 25.6 Å². The second-order valence-corrected chi connectivity index (χ2v) is 7.17. The monoisotopic (exact) mass is 404 g/mol. The maximum Gasteiger partial charge on any atom is 0.238 e. The van der Waals surface area contributed by atoms with Gasteiger partial charge in [-0.1, -0.05) is 17.7 Å². The lowest BCUT2D eigenvalue weighted by Crippen LogP contribution is -2.12. The molecule has 0 aliphatic heterocycles. The van der Waals surface area contributed by atoms with Gasteiger partial charge in [-0.2, -0.15) is 9.97 Å². The minimum absolute atomic E-state index is 0.0270. The van der Waals surface area contributed by atoms with Crippen molar-refractivity contribution < 1.29 is 13.2 Å². The van der Waals surface area contributed by atoms with Crippen LogP contribution in [0.5, 0.6) is 0 Å². The van der Waals surface area contributed by atoms with Gasteiger partial charge in [0.25, 0.3) is 0 Å². The van der Waals surface area contributed by atoms with Gasteiger partial charge in [0, 0.05) is 11.9 Å². The molecule has 0 saturated carbocycles. The summed E-state index contributed by atoms with van der Waals surface area (Å²) in [6.07, 6.45) is 2.12. The van der Waals surface area contributed by atoms with Crippen molar-refractivity contribution in [3.05, 3.63) is 59.4 Å². The third-order valence-corrected chi connectivity index (χ3v) is 4.58. The Hall–Kier alpha value is -3.08. The lowest BCUT2D eigenvalue weighted by Gasteiger charge is -2.11. The normalized spacial score (nSPS) is 11.0. The van der Waals surface area contributed by atoms with Crippen LogP contribution in [-0.2, 0) is 10.0 Å². The number of carbonyl (C=O) groups excluding carboxylic acids is 1. The summed E-state index contributed by atoms with van der Waals surface area (Å²) in [4.78, 5) is 23.7. The summed E-state index contributed by atoms with van der Waals surface area (Å²) in [6.45, 7) is 0. The van der Waals surface area contributed by atoms with E-state index in [9.17, 15) is 13.2 Å². The van der Waals surface area contributed by atoms with Crippen LogP contribution in [0, 0.1) is 0 Å². The van der Waals surface area contributed by atoms with E-state index in [1.165, 1.54) is 24.3 Å². The predicted molar refractivity (Wildman–Crippen MR) is 101 cm³/mol. The average molecular weight is 405 g/mol. The minimum Gasteiger partial charge on any atom is -0.324 e. The third kappa shape index (κ3) is 4.56. The maximum atomic E-state index is 11.3. The highest BCUT2D eigenvalue weighted by molar-refractivity contribution is 7.89. The quantitative estimate of drug-likeness (QED) is 0.420. The second kappa shape index (κ2) is 7.66. The summed E-state index contributed by atoms with van der Waals surface area (Å²) in [5.41, 5.74) is 0.582. The van der Waals surface area contributed by atoms with Crippen molar-refractivity contribution in [2.45, 2.75) is 4.90 Å². The Balaban J connectivity index is 1.91. The zero-order valence-corrected chi connectivity index (χ0v) is 15.2. The van der Waals surface area contributed by atoms with Crippen molar-refractivity contribution in [2.75, 3.05) is 10.6 Å². The van der Waals surface area contributed by atoms with Crippen molar-refractivity contribution in [1.82, 2.24) is 15.0 Å².